The number of carbonyl (C=O) groups is 1. The number of anilines is 1. The molecule has 4 nitrogen and oxygen atoms in total. The second kappa shape index (κ2) is 6.85. The van der Waals surface area contributed by atoms with Crippen molar-refractivity contribution in [3.05, 3.63) is 29.6 Å². The Kier molecular flexibility index (Phi) is 5.44. The molecular weight excluding hydrogens is 249 g/mol. The Labute approximate surface area is 102 Å². The van der Waals surface area contributed by atoms with E-state index in [1.54, 1.807) is 0 Å². The van der Waals surface area contributed by atoms with Gasteiger partial charge in [0.25, 0.3) is 12.3 Å². The number of nitrogen functional groups attached to an aromatic ring is 1. The molecule has 1 aromatic carbocycles. The number of nitrogens with one attached hydrogen (secondary N) is 1. The van der Waals surface area contributed by atoms with Crippen molar-refractivity contribution in [3.63, 3.8) is 0 Å². The lowest BCUT2D eigenvalue weighted by Gasteiger charge is -2.07. The molecule has 0 aliphatic carbocycles. The van der Waals surface area contributed by atoms with Gasteiger partial charge in [-0.1, -0.05) is 0 Å². The average Bonchev–Trinajstić information content (AvgIpc) is 2.26. The lowest BCUT2D eigenvalue weighted by molar-refractivity contribution is 0.0188. The summed E-state index contributed by atoms with van der Waals surface area (Å²) in [5.41, 5.74) is 5.58. The Balaban J connectivity index is 2.36. The molecule has 0 saturated heterocycles. The van der Waals surface area contributed by atoms with Crippen molar-refractivity contribution in [3.8, 4) is 0 Å². The van der Waals surface area contributed by atoms with E-state index in [1.165, 1.54) is 6.07 Å². The van der Waals surface area contributed by atoms with Gasteiger partial charge in [0.15, 0.2) is 0 Å². The predicted octanol–water partition coefficient (Wildman–Crippen LogP) is 1.42. The minimum Gasteiger partial charge on any atom is -0.399 e. The summed E-state index contributed by atoms with van der Waals surface area (Å²) in [7, 11) is 0. The van der Waals surface area contributed by atoms with Crippen LogP contribution in [0.1, 0.15) is 10.4 Å². The summed E-state index contributed by atoms with van der Waals surface area (Å²) in [4.78, 5) is 11.5. The molecule has 18 heavy (non-hydrogen) atoms. The number of hydrogen-bond acceptors (Lipinski definition) is 3. The second-order valence-electron chi connectivity index (χ2n) is 3.50. The quantitative estimate of drug-likeness (QED) is 0.602. The fourth-order valence-electron chi connectivity index (χ4n) is 1.25. The summed E-state index contributed by atoms with van der Waals surface area (Å²) in [5.74, 6) is -1.16. The van der Waals surface area contributed by atoms with Crippen molar-refractivity contribution in [2.75, 3.05) is 25.5 Å². The molecule has 0 aliphatic heterocycles. The standard InChI is InChI=1S/C11H13F3N2O2/c12-8-3-7(4-9(15)5-8)11(17)16-1-2-18-6-10(13)14/h3-5,10H,1-2,6,15H2,(H,16,17). The molecule has 0 atom stereocenters. The normalized spacial score (nSPS) is 10.7. The maximum absolute atomic E-state index is 13.0. The van der Waals surface area contributed by atoms with E-state index >= 15 is 0 Å². The van der Waals surface area contributed by atoms with Gasteiger partial charge in [0.05, 0.1) is 6.61 Å². The van der Waals surface area contributed by atoms with E-state index in [-0.39, 0.29) is 24.4 Å². The lowest BCUT2D eigenvalue weighted by atomic mass is 10.2. The molecule has 0 bridgehead atoms. The SMILES string of the molecule is Nc1cc(F)cc(C(=O)NCCOCC(F)F)c1. The van der Waals surface area contributed by atoms with Crippen LogP contribution in [0.15, 0.2) is 18.2 Å². The Hall–Kier alpha value is -1.76. The number of carbonyl (C=O) groups excluding carboxylic acids is 1. The molecule has 100 valence electrons. The highest BCUT2D eigenvalue weighted by atomic mass is 19.3. The molecule has 1 aromatic rings. The maximum atomic E-state index is 13.0. The van der Waals surface area contributed by atoms with Crippen LogP contribution < -0.4 is 11.1 Å². The van der Waals surface area contributed by atoms with Gasteiger partial charge in [-0.25, -0.2) is 13.2 Å². The molecule has 0 saturated carbocycles. The second-order valence-corrected chi connectivity index (χ2v) is 3.50. The van der Waals surface area contributed by atoms with E-state index < -0.39 is 24.8 Å². The third kappa shape index (κ3) is 5.05. The van der Waals surface area contributed by atoms with Gasteiger partial charge in [0.1, 0.15) is 12.4 Å². The van der Waals surface area contributed by atoms with Crippen LogP contribution in [0.5, 0.6) is 0 Å². The minimum absolute atomic E-state index is 0.0408. The summed E-state index contributed by atoms with van der Waals surface area (Å²) in [6.45, 7) is -0.661. The number of benzene rings is 1. The van der Waals surface area contributed by atoms with E-state index in [4.69, 9.17) is 5.73 Å². The van der Waals surface area contributed by atoms with Crippen molar-refractivity contribution in [1.82, 2.24) is 5.32 Å². The first-order chi connectivity index (χ1) is 8.49. The molecule has 3 N–H and O–H groups in total. The van der Waals surface area contributed by atoms with Crippen LogP contribution in [-0.4, -0.2) is 32.1 Å². The molecule has 1 amide bonds. The van der Waals surface area contributed by atoms with Crippen molar-refractivity contribution < 1.29 is 22.7 Å². The number of amides is 1. The first-order valence-corrected chi connectivity index (χ1v) is 5.19. The lowest BCUT2D eigenvalue weighted by Crippen LogP contribution is -2.28. The highest BCUT2D eigenvalue weighted by Crippen LogP contribution is 2.10. The number of ether oxygens (including phenoxy) is 1. The van der Waals surface area contributed by atoms with Crippen LogP contribution in [0.3, 0.4) is 0 Å². The largest absolute Gasteiger partial charge is 0.399 e. The van der Waals surface area contributed by atoms with E-state index in [0.29, 0.717) is 0 Å². The topological polar surface area (TPSA) is 64.4 Å². The molecule has 0 fully saturated rings. The van der Waals surface area contributed by atoms with Crippen LogP contribution in [0.4, 0.5) is 18.9 Å². The third-order valence-electron chi connectivity index (χ3n) is 1.96. The van der Waals surface area contributed by atoms with Crippen LogP contribution in [0, 0.1) is 5.82 Å². The maximum Gasteiger partial charge on any atom is 0.261 e. The van der Waals surface area contributed by atoms with Crippen LogP contribution in [-0.2, 0) is 4.74 Å². The molecular formula is C11H13F3N2O2. The van der Waals surface area contributed by atoms with E-state index in [1.807, 2.05) is 0 Å². The van der Waals surface area contributed by atoms with Crippen molar-refractivity contribution in [1.29, 1.82) is 0 Å². The molecule has 0 unspecified atom stereocenters. The van der Waals surface area contributed by atoms with Gasteiger partial charge in [0.2, 0.25) is 0 Å². The van der Waals surface area contributed by atoms with Gasteiger partial charge in [-0.3, -0.25) is 4.79 Å². The fourth-order valence-corrected chi connectivity index (χ4v) is 1.25. The van der Waals surface area contributed by atoms with Gasteiger partial charge >= 0.3 is 0 Å². The Morgan fingerprint density at radius 3 is 2.72 bits per heavy atom. The summed E-state index contributed by atoms with van der Waals surface area (Å²) in [6, 6.07) is 3.44. The van der Waals surface area contributed by atoms with Crippen molar-refractivity contribution >= 4 is 11.6 Å². The Morgan fingerprint density at radius 1 is 1.39 bits per heavy atom. The van der Waals surface area contributed by atoms with Gasteiger partial charge in [-0.05, 0) is 18.2 Å². The highest BCUT2D eigenvalue weighted by molar-refractivity contribution is 5.95. The van der Waals surface area contributed by atoms with Crippen LogP contribution >= 0.6 is 0 Å². The number of nitrogens with two attached hydrogens (primary N) is 1. The third-order valence-corrected chi connectivity index (χ3v) is 1.96. The van der Waals surface area contributed by atoms with E-state index in [2.05, 4.69) is 10.1 Å². The minimum atomic E-state index is -2.54. The molecule has 1 rings (SSSR count). The Morgan fingerprint density at radius 2 is 2.11 bits per heavy atom. The van der Waals surface area contributed by atoms with Crippen molar-refractivity contribution in [2.45, 2.75) is 6.43 Å². The molecule has 7 heteroatoms. The average molecular weight is 262 g/mol. The summed E-state index contributed by atoms with van der Waals surface area (Å²) >= 11 is 0. The molecule has 0 aromatic heterocycles. The van der Waals surface area contributed by atoms with Gasteiger partial charge in [-0.2, -0.15) is 0 Å². The highest BCUT2D eigenvalue weighted by Gasteiger charge is 2.08. The molecule has 0 spiro atoms. The monoisotopic (exact) mass is 262 g/mol. The van der Waals surface area contributed by atoms with E-state index in [9.17, 15) is 18.0 Å². The molecule has 0 heterocycles. The summed E-state index contributed by atoms with van der Waals surface area (Å²) in [6.07, 6.45) is -2.54. The first-order valence-electron chi connectivity index (χ1n) is 5.19. The fraction of sp³-hybridized carbons (Fsp3) is 0.364. The zero-order valence-corrected chi connectivity index (χ0v) is 9.46. The predicted molar refractivity (Wildman–Crippen MR) is 60.0 cm³/mol. The smallest absolute Gasteiger partial charge is 0.261 e. The van der Waals surface area contributed by atoms with Gasteiger partial charge in [-0.15, -0.1) is 0 Å². The summed E-state index contributed by atoms with van der Waals surface area (Å²) in [5, 5.41) is 2.40. The molecule has 0 aliphatic rings. The zero-order valence-electron chi connectivity index (χ0n) is 9.46. The Bertz CT molecular complexity index is 393. The number of halogens is 3. The number of hydrogen-bond donors (Lipinski definition) is 2. The van der Waals surface area contributed by atoms with Crippen molar-refractivity contribution in [2.24, 2.45) is 0 Å². The van der Waals surface area contributed by atoms with Gasteiger partial charge < -0.3 is 15.8 Å². The first kappa shape index (κ1) is 14.3. The molecule has 0 radical (unpaired) electrons. The van der Waals surface area contributed by atoms with E-state index in [0.717, 1.165) is 12.1 Å². The summed E-state index contributed by atoms with van der Waals surface area (Å²) < 4.78 is 40.9. The zero-order chi connectivity index (χ0) is 13.5. The van der Waals surface area contributed by atoms with Crippen LogP contribution in [0.25, 0.3) is 0 Å². The van der Waals surface area contributed by atoms with Crippen LogP contribution in [0.2, 0.25) is 0 Å². The van der Waals surface area contributed by atoms with Gasteiger partial charge in [0, 0.05) is 17.8 Å². The number of rotatable bonds is 6. The number of alkyl halides is 2.